The van der Waals surface area contributed by atoms with E-state index in [0.29, 0.717) is 11.3 Å². The van der Waals surface area contributed by atoms with Crippen LogP contribution >= 0.6 is 0 Å². The molecule has 2 N–H and O–H groups in total. The van der Waals surface area contributed by atoms with E-state index in [2.05, 4.69) is 18.8 Å². The van der Waals surface area contributed by atoms with Crippen molar-refractivity contribution in [2.45, 2.75) is 52.4 Å². The van der Waals surface area contributed by atoms with Crippen LogP contribution in [-0.4, -0.2) is 12.4 Å². The quantitative estimate of drug-likeness (QED) is 0.560. The second-order valence-electron chi connectivity index (χ2n) is 5.74. The summed E-state index contributed by atoms with van der Waals surface area (Å²) in [5.74, 6) is 2.31. The van der Waals surface area contributed by atoms with Crippen molar-refractivity contribution in [3.05, 3.63) is 0 Å². The maximum Gasteiger partial charge on any atom is 0.0968 e. The molecule has 2 saturated carbocycles. The van der Waals surface area contributed by atoms with E-state index in [0.717, 1.165) is 18.3 Å². The monoisotopic (exact) mass is 208 g/mol. The van der Waals surface area contributed by atoms with Gasteiger partial charge in [0, 0.05) is 12.5 Å². The summed E-state index contributed by atoms with van der Waals surface area (Å²) in [4.78, 5) is 4.66. The lowest BCUT2D eigenvalue weighted by Gasteiger charge is -2.18. The van der Waals surface area contributed by atoms with Crippen LogP contribution in [0.15, 0.2) is 4.99 Å². The van der Waals surface area contributed by atoms with E-state index in [1.54, 1.807) is 0 Å². The largest absolute Gasteiger partial charge is 0.387 e. The molecule has 0 amide bonds. The molecule has 2 nitrogen and oxygen atoms in total. The van der Waals surface area contributed by atoms with Crippen LogP contribution in [0.4, 0.5) is 0 Å². The Kier molecular flexibility index (Phi) is 3.03. The minimum Gasteiger partial charge on any atom is -0.387 e. The Bertz CT molecular complexity index is 245. The van der Waals surface area contributed by atoms with Gasteiger partial charge in [0.25, 0.3) is 0 Å². The Labute approximate surface area is 93.3 Å². The Hall–Kier alpha value is -0.530. The van der Waals surface area contributed by atoms with Gasteiger partial charge in [-0.25, -0.2) is 0 Å². The van der Waals surface area contributed by atoms with Crippen LogP contribution in [0.1, 0.15) is 52.4 Å². The van der Waals surface area contributed by atoms with Gasteiger partial charge in [0.1, 0.15) is 0 Å². The summed E-state index contributed by atoms with van der Waals surface area (Å²) < 4.78 is 0. The van der Waals surface area contributed by atoms with Crippen LogP contribution < -0.4 is 5.73 Å². The fourth-order valence-electron chi connectivity index (χ4n) is 2.68. The first kappa shape index (κ1) is 11.0. The Morgan fingerprint density at radius 1 is 1.33 bits per heavy atom. The Balaban J connectivity index is 1.87. The number of amidine groups is 1. The molecule has 86 valence electrons. The van der Waals surface area contributed by atoms with Crippen molar-refractivity contribution in [2.75, 3.05) is 6.54 Å². The number of nitrogens with two attached hydrogens (primary N) is 1. The summed E-state index contributed by atoms with van der Waals surface area (Å²) in [7, 11) is 0. The SMILES string of the molecule is CC(C)C1(CN=C(N)C2CCCC2)CC1. The molecule has 0 aliphatic heterocycles. The van der Waals surface area contributed by atoms with Crippen molar-refractivity contribution in [3.8, 4) is 0 Å². The summed E-state index contributed by atoms with van der Waals surface area (Å²) in [6.45, 7) is 5.61. The minimum absolute atomic E-state index is 0.517. The Morgan fingerprint density at radius 3 is 2.40 bits per heavy atom. The van der Waals surface area contributed by atoms with Crippen LogP contribution in [0, 0.1) is 17.3 Å². The normalized spacial score (nSPS) is 26.2. The molecule has 0 unspecified atom stereocenters. The number of nitrogens with zero attached hydrogens (tertiary/aromatic N) is 1. The molecule has 0 radical (unpaired) electrons. The lowest BCUT2D eigenvalue weighted by atomic mass is 9.92. The highest BCUT2D eigenvalue weighted by atomic mass is 14.9. The van der Waals surface area contributed by atoms with Crippen LogP contribution in [0.2, 0.25) is 0 Å². The van der Waals surface area contributed by atoms with E-state index in [1.807, 2.05) is 0 Å². The number of hydrogen-bond donors (Lipinski definition) is 1. The molecule has 2 aliphatic rings. The van der Waals surface area contributed by atoms with E-state index in [9.17, 15) is 0 Å². The third-order valence-corrected chi connectivity index (χ3v) is 4.47. The number of hydrogen-bond acceptors (Lipinski definition) is 1. The molecule has 2 fully saturated rings. The fourth-order valence-corrected chi connectivity index (χ4v) is 2.68. The van der Waals surface area contributed by atoms with Gasteiger partial charge in [-0.2, -0.15) is 0 Å². The lowest BCUT2D eigenvalue weighted by molar-refractivity contribution is 0.370. The van der Waals surface area contributed by atoms with E-state index in [1.165, 1.54) is 38.5 Å². The topological polar surface area (TPSA) is 38.4 Å². The van der Waals surface area contributed by atoms with E-state index in [-0.39, 0.29) is 0 Å². The van der Waals surface area contributed by atoms with Gasteiger partial charge in [0.2, 0.25) is 0 Å². The van der Waals surface area contributed by atoms with E-state index < -0.39 is 0 Å². The molecule has 0 saturated heterocycles. The highest BCUT2D eigenvalue weighted by Crippen LogP contribution is 2.52. The van der Waals surface area contributed by atoms with Crippen LogP contribution in [0.3, 0.4) is 0 Å². The predicted octanol–water partition coefficient (Wildman–Crippen LogP) is 2.97. The molecule has 0 aromatic heterocycles. The summed E-state index contributed by atoms with van der Waals surface area (Å²) in [6.07, 6.45) is 7.93. The standard InChI is InChI=1S/C13H24N2/c1-10(2)13(7-8-13)9-15-12(14)11-5-3-4-6-11/h10-11H,3-9H2,1-2H3,(H2,14,15). The zero-order valence-electron chi connectivity index (χ0n) is 10.1. The molecular formula is C13H24N2. The van der Waals surface area contributed by atoms with Gasteiger partial charge in [0.15, 0.2) is 0 Å². The van der Waals surface area contributed by atoms with Crippen molar-refractivity contribution < 1.29 is 0 Å². The molecule has 15 heavy (non-hydrogen) atoms. The first-order chi connectivity index (χ1) is 7.14. The molecule has 0 bridgehead atoms. The van der Waals surface area contributed by atoms with Gasteiger partial charge in [-0.1, -0.05) is 26.7 Å². The molecule has 0 heterocycles. The molecule has 0 atom stereocenters. The smallest absolute Gasteiger partial charge is 0.0968 e. The number of aliphatic imine (C=N–C) groups is 1. The van der Waals surface area contributed by atoms with Gasteiger partial charge in [-0.15, -0.1) is 0 Å². The summed E-state index contributed by atoms with van der Waals surface area (Å²) in [5.41, 5.74) is 6.58. The molecule has 2 rings (SSSR count). The van der Waals surface area contributed by atoms with Gasteiger partial charge in [-0.05, 0) is 37.0 Å². The zero-order valence-corrected chi connectivity index (χ0v) is 10.1. The van der Waals surface area contributed by atoms with Crippen LogP contribution in [-0.2, 0) is 0 Å². The van der Waals surface area contributed by atoms with E-state index in [4.69, 9.17) is 5.73 Å². The predicted molar refractivity (Wildman–Crippen MR) is 65.0 cm³/mol. The summed E-state index contributed by atoms with van der Waals surface area (Å²) in [5, 5.41) is 0. The van der Waals surface area contributed by atoms with Crippen LogP contribution in [0.5, 0.6) is 0 Å². The number of rotatable bonds is 4. The average molecular weight is 208 g/mol. The van der Waals surface area contributed by atoms with Crippen molar-refractivity contribution in [1.29, 1.82) is 0 Å². The lowest BCUT2D eigenvalue weighted by Crippen LogP contribution is -2.24. The van der Waals surface area contributed by atoms with Crippen molar-refractivity contribution in [3.63, 3.8) is 0 Å². The average Bonchev–Trinajstić information content (AvgIpc) is 2.80. The third-order valence-electron chi connectivity index (χ3n) is 4.47. The maximum absolute atomic E-state index is 6.06. The van der Waals surface area contributed by atoms with Gasteiger partial charge in [-0.3, -0.25) is 4.99 Å². The molecule has 2 heteroatoms. The summed E-state index contributed by atoms with van der Waals surface area (Å²) >= 11 is 0. The van der Waals surface area contributed by atoms with Crippen molar-refractivity contribution >= 4 is 5.84 Å². The molecule has 0 spiro atoms. The minimum atomic E-state index is 0.517. The molecule has 0 aromatic carbocycles. The van der Waals surface area contributed by atoms with Crippen molar-refractivity contribution in [2.24, 2.45) is 28.0 Å². The highest BCUT2D eigenvalue weighted by Gasteiger charge is 2.45. The van der Waals surface area contributed by atoms with E-state index >= 15 is 0 Å². The third kappa shape index (κ3) is 2.35. The van der Waals surface area contributed by atoms with Gasteiger partial charge < -0.3 is 5.73 Å². The second-order valence-corrected chi connectivity index (χ2v) is 5.74. The maximum atomic E-state index is 6.06. The first-order valence-electron chi connectivity index (χ1n) is 6.44. The van der Waals surface area contributed by atoms with Crippen molar-refractivity contribution in [1.82, 2.24) is 0 Å². The zero-order chi connectivity index (χ0) is 10.9. The Morgan fingerprint density at radius 2 is 1.93 bits per heavy atom. The first-order valence-corrected chi connectivity index (χ1v) is 6.44. The molecule has 0 aromatic rings. The fraction of sp³-hybridized carbons (Fsp3) is 0.923. The summed E-state index contributed by atoms with van der Waals surface area (Å²) in [6, 6.07) is 0. The molecular weight excluding hydrogens is 184 g/mol. The van der Waals surface area contributed by atoms with Gasteiger partial charge in [0.05, 0.1) is 5.84 Å². The van der Waals surface area contributed by atoms with Gasteiger partial charge >= 0.3 is 0 Å². The highest BCUT2D eigenvalue weighted by molar-refractivity contribution is 5.83. The van der Waals surface area contributed by atoms with Crippen LogP contribution in [0.25, 0.3) is 0 Å². The second kappa shape index (κ2) is 4.15. The molecule has 2 aliphatic carbocycles.